The predicted octanol–water partition coefficient (Wildman–Crippen LogP) is -1.03. The number of likely N-dealkylation sites (N-methyl/N-ethyl adjacent to an activating group) is 1. The second-order valence-corrected chi connectivity index (χ2v) is 5.31. The molecule has 4 N–H and O–H groups in total. The van der Waals surface area contributed by atoms with Gasteiger partial charge < -0.3 is 20.5 Å². The fourth-order valence-corrected chi connectivity index (χ4v) is 2.01. The molecule has 1 heterocycles. The van der Waals surface area contributed by atoms with Crippen molar-refractivity contribution in [2.45, 2.75) is 26.0 Å². The van der Waals surface area contributed by atoms with Crippen molar-refractivity contribution in [3.05, 3.63) is 20.8 Å². The first-order valence-electron chi connectivity index (χ1n) is 6.22. The molecule has 8 heteroatoms. The Bertz CT molecular complexity index is 570. The number of nitrogens with two attached hydrogens (primary N) is 1. The van der Waals surface area contributed by atoms with Crippen LogP contribution in [0.3, 0.4) is 0 Å². The van der Waals surface area contributed by atoms with E-state index in [9.17, 15) is 14.7 Å². The van der Waals surface area contributed by atoms with E-state index in [1.165, 1.54) is 16.6 Å². The van der Waals surface area contributed by atoms with Gasteiger partial charge >= 0.3 is 5.69 Å². The topological polar surface area (TPSA) is 114 Å². The molecule has 8 nitrogen and oxygen atoms in total. The molecule has 0 aliphatic rings. The molecule has 0 aliphatic carbocycles. The maximum absolute atomic E-state index is 11.9. The van der Waals surface area contributed by atoms with E-state index in [4.69, 9.17) is 10.5 Å². The summed E-state index contributed by atoms with van der Waals surface area (Å²) >= 11 is 0. The lowest BCUT2D eigenvalue weighted by Crippen LogP contribution is -2.42. The zero-order chi connectivity index (χ0) is 15.5. The van der Waals surface area contributed by atoms with Crippen molar-refractivity contribution < 1.29 is 9.84 Å². The average molecular weight is 286 g/mol. The molecule has 20 heavy (non-hydrogen) atoms. The normalized spacial score (nSPS) is 11.7. The molecule has 114 valence electrons. The van der Waals surface area contributed by atoms with E-state index in [-0.39, 0.29) is 24.6 Å². The number of nitrogens with zero attached hydrogens (tertiary/aromatic N) is 2. The number of methoxy groups -OCH3 is 1. The highest BCUT2D eigenvalue weighted by atomic mass is 16.5. The van der Waals surface area contributed by atoms with Gasteiger partial charge in [0, 0.05) is 20.7 Å². The number of aliphatic hydroxyl groups is 1. The Morgan fingerprint density at radius 2 is 2.05 bits per heavy atom. The summed E-state index contributed by atoms with van der Waals surface area (Å²) in [6.45, 7) is 3.97. The van der Waals surface area contributed by atoms with Gasteiger partial charge in [0.1, 0.15) is 11.5 Å². The molecular weight excluding hydrogens is 264 g/mol. The van der Waals surface area contributed by atoms with Crippen LogP contribution in [0.4, 0.5) is 11.5 Å². The fraction of sp³-hybridized carbons (Fsp3) is 0.667. The summed E-state index contributed by atoms with van der Waals surface area (Å²) in [4.78, 5) is 27.4. The van der Waals surface area contributed by atoms with Gasteiger partial charge in [0.15, 0.2) is 0 Å². The third kappa shape index (κ3) is 3.84. The minimum atomic E-state index is -0.999. The zero-order valence-corrected chi connectivity index (χ0v) is 12.3. The van der Waals surface area contributed by atoms with Crippen LogP contribution >= 0.6 is 0 Å². The van der Waals surface area contributed by atoms with Crippen LogP contribution in [0, 0.1) is 0 Å². The molecule has 0 saturated heterocycles. The van der Waals surface area contributed by atoms with Gasteiger partial charge in [0.2, 0.25) is 0 Å². The average Bonchev–Trinajstić information content (AvgIpc) is 2.25. The molecule has 0 unspecified atom stereocenters. The molecule has 0 bridgehead atoms. The van der Waals surface area contributed by atoms with Crippen molar-refractivity contribution in [1.82, 2.24) is 9.55 Å². The molecule has 0 fully saturated rings. The first-order valence-corrected chi connectivity index (χ1v) is 6.22. The Balaban J connectivity index is 3.26. The van der Waals surface area contributed by atoms with Crippen LogP contribution in [0.25, 0.3) is 0 Å². The molecule has 0 saturated carbocycles. The predicted molar refractivity (Wildman–Crippen MR) is 77.2 cm³/mol. The van der Waals surface area contributed by atoms with Crippen LogP contribution in [0.15, 0.2) is 9.59 Å². The first-order chi connectivity index (χ1) is 9.17. The Kier molecular flexibility index (Phi) is 4.96. The van der Waals surface area contributed by atoms with Crippen LogP contribution in [-0.4, -0.2) is 47.6 Å². The quantitative estimate of drug-likeness (QED) is 0.616. The molecule has 1 aromatic rings. The smallest absolute Gasteiger partial charge is 0.330 e. The van der Waals surface area contributed by atoms with Crippen molar-refractivity contribution >= 4 is 11.5 Å². The summed E-state index contributed by atoms with van der Waals surface area (Å²) in [6.07, 6.45) is 0. The van der Waals surface area contributed by atoms with Gasteiger partial charge in [-0.25, -0.2) is 4.79 Å². The second-order valence-electron chi connectivity index (χ2n) is 5.31. The van der Waals surface area contributed by atoms with Crippen molar-refractivity contribution in [2.24, 2.45) is 0 Å². The molecule has 0 aliphatic heterocycles. The number of aromatic amines is 1. The van der Waals surface area contributed by atoms with E-state index >= 15 is 0 Å². The number of anilines is 2. The Morgan fingerprint density at radius 3 is 2.55 bits per heavy atom. The lowest BCUT2D eigenvalue weighted by Gasteiger charge is -2.27. The van der Waals surface area contributed by atoms with Gasteiger partial charge in [0.05, 0.1) is 18.8 Å². The third-order valence-corrected chi connectivity index (χ3v) is 2.74. The van der Waals surface area contributed by atoms with E-state index in [1.807, 2.05) is 0 Å². The van der Waals surface area contributed by atoms with Gasteiger partial charge in [-0.15, -0.1) is 0 Å². The van der Waals surface area contributed by atoms with Crippen LogP contribution in [0.2, 0.25) is 0 Å². The summed E-state index contributed by atoms with van der Waals surface area (Å²) in [6, 6.07) is 0. The molecule has 0 radical (unpaired) electrons. The fourth-order valence-electron chi connectivity index (χ4n) is 2.01. The molecule has 0 aromatic carbocycles. The molecule has 0 atom stereocenters. The summed E-state index contributed by atoms with van der Waals surface area (Å²) in [5, 5.41) is 9.81. The SMILES string of the molecule is COCCn1c(N)c(N(C)CC(C)(C)O)c(=O)[nH]c1=O. The van der Waals surface area contributed by atoms with E-state index in [0.717, 1.165) is 0 Å². The number of hydrogen-bond acceptors (Lipinski definition) is 6. The maximum atomic E-state index is 11.9. The van der Waals surface area contributed by atoms with Crippen molar-refractivity contribution in [3.63, 3.8) is 0 Å². The number of rotatable bonds is 6. The van der Waals surface area contributed by atoms with Gasteiger partial charge in [-0.3, -0.25) is 14.3 Å². The maximum Gasteiger partial charge on any atom is 0.330 e. The van der Waals surface area contributed by atoms with Gasteiger partial charge in [-0.1, -0.05) is 0 Å². The molecule has 0 amide bonds. The zero-order valence-electron chi connectivity index (χ0n) is 12.3. The first kappa shape index (κ1) is 16.3. The van der Waals surface area contributed by atoms with Crippen molar-refractivity contribution in [2.75, 3.05) is 37.9 Å². The number of hydrogen-bond donors (Lipinski definition) is 3. The van der Waals surface area contributed by atoms with E-state index in [0.29, 0.717) is 6.61 Å². The Morgan fingerprint density at radius 1 is 1.45 bits per heavy atom. The van der Waals surface area contributed by atoms with Crippen molar-refractivity contribution in [1.29, 1.82) is 0 Å². The van der Waals surface area contributed by atoms with Crippen LogP contribution in [0.5, 0.6) is 0 Å². The van der Waals surface area contributed by atoms with Crippen LogP contribution in [0.1, 0.15) is 13.8 Å². The minimum Gasteiger partial charge on any atom is -0.389 e. The van der Waals surface area contributed by atoms with Crippen LogP contribution in [-0.2, 0) is 11.3 Å². The number of aromatic nitrogens is 2. The van der Waals surface area contributed by atoms with E-state index in [1.54, 1.807) is 20.9 Å². The van der Waals surface area contributed by atoms with Crippen molar-refractivity contribution in [3.8, 4) is 0 Å². The number of ether oxygens (including phenoxy) is 1. The van der Waals surface area contributed by atoms with Crippen LogP contribution < -0.4 is 21.9 Å². The summed E-state index contributed by atoms with van der Waals surface area (Å²) in [7, 11) is 3.14. The van der Waals surface area contributed by atoms with Gasteiger partial charge in [0.25, 0.3) is 5.56 Å². The molecule has 1 rings (SSSR count). The molecule has 0 spiro atoms. The minimum absolute atomic E-state index is 0.0579. The summed E-state index contributed by atoms with van der Waals surface area (Å²) in [5.74, 6) is 0.0579. The lowest BCUT2D eigenvalue weighted by atomic mass is 10.1. The Hall–Kier alpha value is -1.80. The highest BCUT2D eigenvalue weighted by molar-refractivity contribution is 5.62. The number of nitrogen functional groups attached to an aromatic ring is 1. The van der Waals surface area contributed by atoms with E-state index < -0.39 is 16.9 Å². The Labute approximate surface area is 116 Å². The second kappa shape index (κ2) is 6.10. The monoisotopic (exact) mass is 286 g/mol. The molecule has 1 aromatic heterocycles. The lowest BCUT2D eigenvalue weighted by molar-refractivity contribution is 0.0885. The van der Waals surface area contributed by atoms with Gasteiger partial charge in [-0.2, -0.15) is 0 Å². The summed E-state index contributed by atoms with van der Waals surface area (Å²) in [5.41, 5.74) is 3.91. The third-order valence-electron chi connectivity index (χ3n) is 2.74. The highest BCUT2D eigenvalue weighted by Crippen LogP contribution is 2.17. The van der Waals surface area contributed by atoms with Gasteiger partial charge in [-0.05, 0) is 13.8 Å². The largest absolute Gasteiger partial charge is 0.389 e. The number of nitrogens with one attached hydrogen (secondary N) is 1. The number of H-pyrrole nitrogens is 1. The standard InChI is InChI=1S/C12H22N4O4/c1-12(2,19)7-15(3)8-9(13)16(5-6-20-4)11(18)14-10(8)17/h19H,5-7,13H2,1-4H3,(H,14,17,18). The molecular formula is C12H22N4O4. The van der Waals surface area contributed by atoms with E-state index in [2.05, 4.69) is 4.98 Å². The highest BCUT2D eigenvalue weighted by Gasteiger charge is 2.21. The summed E-state index contributed by atoms with van der Waals surface area (Å²) < 4.78 is 6.14.